The van der Waals surface area contributed by atoms with Gasteiger partial charge in [-0.3, -0.25) is 5.32 Å². The molecule has 0 radical (unpaired) electrons. The van der Waals surface area contributed by atoms with Gasteiger partial charge in [-0.05, 0) is 31.1 Å². The molecule has 0 saturated heterocycles. The van der Waals surface area contributed by atoms with Crippen LogP contribution >= 0.6 is 0 Å². The molecule has 17 heavy (non-hydrogen) atoms. The lowest BCUT2D eigenvalue weighted by Gasteiger charge is -2.37. The second kappa shape index (κ2) is 8.10. The molecule has 0 bridgehead atoms. The molecule has 2 nitrogen and oxygen atoms in total. The van der Waals surface area contributed by atoms with Crippen LogP contribution in [0.25, 0.3) is 0 Å². The van der Waals surface area contributed by atoms with E-state index in [1.54, 1.807) is 0 Å². The Hall–Kier alpha value is -0.0800. The smallest absolute Gasteiger partial charge is 0.105 e. The van der Waals surface area contributed by atoms with Crippen LogP contribution in [0.15, 0.2) is 0 Å². The number of rotatable bonds is 7. The summed E-state index contributed by atoms with van der Waals surface area (Å²) in [6, 6.07) is 0.525. The predicted molar refractivity (Wildman–Crippen MR) is 73.9 cm³/mol. The van der Waals surface area contributed by atoms with E-state index in [0.29, 0.717) is 6.04 Å². The molecular formula is C15H31NO. The van der Waals surface area contributed by atoms with E-state index in [1.807, 2.05) is 0 Å². The molecule has 0 aromatic carbocycles. The third kappa shape index (κ3) is 4.97. The maximum atomic E-state index is 9.95. The lowest BCUT2D eigenvalue weighted by molar-refractivity contribution is 0.0775. The van der Waals surface area contributed by atoms with Gasteiger partial charge in [0.05, 0.1) is 0 Å². The van der Waals surface area contributed by atoms with E-state index in [4.69, 9.17) is 0 Å². The van der Waals surface area contributed by atoms with Crippen molar-refractivity contribution in [2.45, 2.75) is 84.4 Å². The quantitative estimate of drug-likeness (QED) is 0.666. The summed E-state index contributed by atoms with van der Waals surface area (Å²) in [5, 5.41) is 13.4. The van der Waals surface area contributed by atoms with E-state index >= 15 is 0 Å². The maximum Gasteiger partial charge on any atom is 0.105 e. The molecule has 0 aromatic heterocycles. The third-order valence-electron chi connectivity index (χ3n) is 4.26. The minimum atomic E-state index is -0.300. The van der Waals surface area contributed by atoms with Crippen molar-refractivity contribution in [1.82, 2.24) is 5.32 Å². The van der Waals surface area contributed by atoms with Crippen molar-refractivity contribution in [3.8, 4) is 0 Å². The molecule has 4 atom stereocenters. The number of nitrogens with one attached hydrogen (secondary N) is 1. The van der Waals surface area contributed by atoms with Gasteiger partial charge in [-0.2, -0.15) is 0 Å². The van der Waals surface area contributed by atoms with E-state index < -0.39 is 0 Å². The molecule has 0 aromatic rings. The van der Waals surface area contributed by atoms with Crippen molar-refractivity contribution in [3.63, 3.8) is 0 Å². The van der Waals surface area contributed by atoms with E-state index in [2.05, 4.69) is 26.1 Å². The summed E-state index contributed by atoms with van der Waals surface area (Å²) in [4.78, 5) is 0. The van der Waals surface area contributed by atoms with Gasteiger partial charge in [-0.25, -0.2) is 0 Å². The van der Waals surface area contributed by atoms with Gasteiger partial charge in [0.2, 0.25) is 0 Å². The molecule has 1 rings (SSSR count). The minimum absolute atomic E-state index is 0.300. The molecule has 0 aliphatic heterocycles. The maximum absolute atomic E-state index is 9.95. The highest BCUT2D eigenvalue weighted by Crippen LogP contribution is 2.33. The number of hydrogen-bond donors (Lipinski definition) is 2. The highest BCUT2D eigenvalue weighted by molar-refractivity contribution is 4.83. The molecule has 2 N–H and O–H groups in total. The average Bonchev–Trinajstić information content (AvgIpc) is 2.29. The Morgan fingerprint density at radius 3 is 2.35 bits per heavy atom. The Labute approximate surface area is 107 Å². The van der Waals surface area contributed by atoms with Crippen molar-refractivity contribution in [2.24, 2.45) is 11.8 Å². The second-order valence-electron chi connectivity index (χ2n) is 5.79. The first-order chi connectivity index (χ1) is 8.19. The van der Waals surface area contributed by atoms with Crippen LogP contribution in [0.4, 0.5) is 0 Å². The van der Waals surface area contributed by atoms with E-state index in [0.717, 1.165) is 24.7 Å². The highest BCUT2D eigenvalue weighted by atomic mass is 16.3. The fraction of sp³-hybridized carbons (Fsp3) is 1.00. The Morgan fingerprint density at radius 2 is 1.76 bits per heavy atom. The Bertz CT molecular complexity index is 195. The van der Waals surface area contributed by atoms with Gasteiger partial charge < -0.3 is 5.11 Å². The number of aliphatic hydroxyl groups is 1. The lowest BCUT2D eigenvalue weighted by Crippen LogP contribution is -2.45. The molecule has 102 valence electrons. The zero-order chi connectivity index (χ0) is 12.7. The summed E-state index contributed by atoms with van der Waals surface area (Å²) in [5.41, 5.74) is 0. The molecule has 1 saturated carbocycles. The van der Waals surface area contributed by atoms with Crippen LogP contribution in [0, 0.1) is 11.8 Å². The molecule has 1 fully saturated rings. The third-order valence-corrected chi connectivity index (χ3v) is 4.26. The normalized spacial score (nSPS) is 28.9. The summed E-state index contributed by atoms with van der Waals surface area (Å²) in [6.45, 7) is 6.76. The standard InChI is InChI=1S/C15H31NO/c1-4-8-14(16-15(17)9-5-2)13-11-7-6-10-12(13)3/h12-17H,4-11H2,1-3H3. The summed E-state index contributed by atoms with van der Waals surface area (Å²) in [6.07, 6.45) is 9.53. The van der Waals surface area contributed by atoms with Gasteiger partial charge >= 0.3 is 0 Å². The molecule has 1 aliphatic carbocycles. The number of aliphatic hydroxyl groups excluding tert-OH is 1. The molecule has 1 aliphatic rings. The van der Waals surface area contributed by atoms with Gasteiger partial charge in [0.25, 0.3) is 0 Å². The lowest BCUT2D eigenvalue weighted by atomic mass is 9.75. The topological polar surface area (TPSA) is 32.3 Å². The molecule has 4 unspecified atom stereocenters. The summed E-state index contributed by atoms with van der Waals surface area (Å²) in [5.74, 6) is 1.59. The highest BCUT2D eigenvalue weighted by Gasteiger charge is 2.29. The van der Waals surface area contributed by atoms with Gasteiger partial charge in [-0.1, -0.05) is 52.9 Å². The molecule has 2 heteroatoms. The second-order valence-corrected chi connectivity index (χ2v) is 5.79. The zero-order valence-electron chi connectivity index (χ0n) is 11.9. The first kappa shape index (κ1) is 15.0. The summed E-state index contributed by atoms with van der Waals surface area (Å²) < 4.78 is 0. The number of hydrogen-bond acceptors (Lipinski definition) is 2. The van der Waals surface area contributed by atoms with Crippen LogP contribution in [-0.2, 0) is 0 Å². The van der Waals surface area contributed by atoms with Gasteiger partial charge in [-0.15, -0.1) is 0 Å². The molecule has 0 heterocycles. The van der Waals surface area contributed by atoms with E-state index in [-0.39, 0.29) is 6.23 Å². The van der Waals surface area contributed by atoms with Crippen molar-refractivity contribution < 1.29 is 5.11 Å². The summed E-state index contributed by atoms with van der Waals surface area (Å²) >= 11 is 0. The minimum Gasteiger partial charge on any atom is -0.379 e. The van der Waals surface area contributed by atoms with Crippen molar-refractivity contribution >= 4 is 0 Å². The van der Waals surface area contributed by atoms with Crippen molar-refractivity contribution in [3.05, 3.63) is 0 Å². The van der Waals surface area contributed by atoms with Crippen molar-refractivity contribution in [2.75, 3.05) is 0 Å². The average molecular weight is 241 g/mol. The van der Waals surface area contributed by atoms with E-state index in [9.17, 15) is 5.11 Å². The Morgan fingerprint density at radius 1 is 1.12 bits per heavy atom. The van der Waals surface area contributed by atoms with Crippen molar-refractivity contribution in [1.29, 1.82) is 0 Å². The Balaban J connectivity index is 2.50. The fourth-order valence-electron chi connectivity index (χ4n) is 3.28. The SMILES string of the molecule is CCCC(O)NC(CCC)C1CCCCC1C. The Kier molecular flexibility index (Phi) is 7.14. The van der Waals surface area contributed by atoms with Crippen LogP contribution in [-0.4, -0.2) is 17.4 Å². The van der Waals surface area contributed by atoms with Crippen LogP contribution in [0.3, 0.4) is 0 Å². The zero-order valence-corrected chi connectivity index (χ0v) is 11.9. The van der Waals surface area contributed by atoms with Crippen LogP contribution in [0.2, 0.25) is 0 Å². The fourth-order valence-corrected chi connectivity index (χ4v) is 3.28. The van der Waals surface area contributed by atoms with Crippen LogP contribution in [0.5, 0.6) is 0 Å². The first-order valence-electron chi connectivity index (χ1n) is 7.63. The van der Waals surface area contributed by atoms with Gasteiger partial charge in [0, 0.05) is 6.04 Å². The van der Waals surface area contributed by atoms with Gasteiger partial charge in [0.15, 0.2) is 0 Å². The van der Waals surface area contributed by atoms with E-state index in [1.165, 1.54) is 38.5 Å². The first-order valence-corrected chi connectivity index (χ1v) is 7.63. The molecular weight excluding hydrogens is 210 g/mol. The summed E-state index contributed by atoms with van der Waals surface area (Å²) in [7, 11) is 0. The molecule has 0 amide bonds. The van der Waals surface area contributed by atoms with Crippen LogP contribution in [0.1, 0.15) is 72.1 Å². The predicted octanol–water partition coefficient (Wildman–Crippen LogP) is 3.69. The molecule has 0 spiro atoms. The monoisotopic (exact) mass is 241 g/mol. The largest absolute Gasteiger partial charge is 0.379 e. The van der Waals surface area contributed by atoms with Gasteiger partial charge in [0.1, 0.15) is 6.23 Å². The van der Waals surface area contributed by atoms with Crippen LogP contribution < -0.4 is 5.32 Å².